The minimum atomic E-state index is -0.215. The van der Waals surface area contributed by atoms with Crippen LogP contribution in [0.1, 0.15) is 20.3 Å². The first-order chi connectivity index (χ1) is 7.93. The molecule has 0 aromatic carbocycles. The zero-order chi connectivity index (χ0) is 13.0. The van der Waals surface area contributed by atoms with Crippen molar-refractivity contribution in [2.45, 2.75) is 32.9 Å². The van der Waals surface area contributed by atoms with Crippen LogP contribution in [0.5, 0.6) is 0 Å². The molecule has 17 heavy (non-hydrogen) atoms. The van der Waals surface area contributed by atoms with Crippen molar-refractivity contribution in [2.75, 3.05) is 0 Å². The molecule has 0 aliphatic heterocycles. The van der Waals surface area contributed by atoms with Crippen molar-refractivity contribution < 1.29 is 4.79 Å². The Hall–Kier alpha value is -0.620. The van der Waals surface area contributed by atoms with E-state index in [1.54, 1.807) is 12.3 Å². The molecule has 1 unspecified atom stereocenters. The van der Waals surface area contributed by atoms with Crippen LogP contribution in [0.4, 0.5) is 0 Å². The van der Waals surface area contributed by atoms with Gasteiger partial charge in [-0.25, -0.2) is 0 Å². The third-order valence-corrected chi connectivity index (χ3v) is 3.34. The first-order valence-electron chi connectivity index (χ1n) is 5.29. The third kappa shape index (κ3) is 4.27. The monoisotopic (exact) mass is 364 g/mol. The number of halogens is 2. The molecule has 6 heteroatoms. The Morgan fingerprint density at radius 3 is 2.76 bits per heavy atom. The van der Waals surface area contributed by atoms with Gasteiger partial charge in [-0.05, 0) is 51.3 Å². The van der Waals surface area contributed by atoms with Crippen LogP contribution in [0.25, 0.3) is 0 Å². The van der Waals surface area contributed by atoms with Gasteiger partial charge in [-0.2, -0.15) is 0 Å². The van der Waals surface area contributed by atoms with Crippen molar-refractivity contribution >= 4 is 37.8 Å². The van der Waals surface area contributed by atoms with E-state index in [-0.39, 0.29) is 24.1 Å². The van der Waals surface area contributed by atoms with Gasteiger partial charge in [0.1, 0.15) is 6.54 Å². The number of pyridine rings is 1. The second kappa shape index (κ2) is 6.35. The molecule has 0 saturated carbocycles. The fourth-order valence-corrected chi connectivity index (χ4v) is 2.52. The number of aromatic nitrogens is 1. The zero-order valence-corrected chi connectivity index (χ0v) is 12.8. The van der Waals surface area contributed by atoms with Crippen LogP contribution in [0.3, 0.4) is 0 Å². The molecule has 0 aliphatic carbocycles. The summed E-state index contributed by atoms with van der Waals surface area (Å²) in [6.45, 7) is 3.95. The molecule has 0 aliphatic rings. The third-order valence-electron chi connectivity index (χ3n) is 2.34. The van der Waals surface area contributed by atoms with Gasteiger partial charge >= 0.3 is 0 Å². The minimum Gasteiger partial charge on any atom is -0.352 e. The molecule has 1 aromatic heterocycles. The van der Waals surface area contributed by atoms with E-state index in [1.165, 1.54) is 4.57 Å². The van der Waals surface area contributed by atoms with Gasteiger partial charge in [0.05, 0.1) is 4.47 Å². The first-order valence-corrected chi connectivity index (χ1v) is 6.87. The van der Waals surface area contributed by atoms with E-state index >= 15 is 0 Å². The van der Waals surface area contributed by atoms with Crippen LogP contribution in [-0.4, -0.2) is 16.5 Å². The molecule has 0 spiro atoms. The molecule has 1 aromatic rings. The molecular weight excluding hydrogens is 352 g/mol. The minimum absolute atomic E-state index is 0.0290. The van der Waals surface area contributed by atoms with Gasteiger partial charge in [-0.3, -0.25) is 9.59 Å². The molecule has 94 valence electrons. The Morgan fingerprint density at radius 1 is 1.53 bits per heavy atom. The molecule has 1 amide bonds. The van der Waals surface area contributed by atoms with Gasteiger partial charge in [-0.15, -0.1) is 0 Å². The normalized spacial score (nSPS) is 12.2. The summed E-state index contributed by atoms with van der Waals surface area (Å²) in [5.74, 6) is -0.161. The number of amides is 1. The first kappa shape index (κ1) is 14.4. The fourth-order valence-electron chi connectivity index (χ4n) is 1.26. The summed E-state index contributed by atoms with van der Waals surface area (Å²) in [7, 11) is 0. The highest BCUT2D eigenvalue weighted by Crippen LogP contribution is 2.12. The van der Waals surface area contributed by atoms with E-state index in [4.69, 9.17) is 0 Å². The van der Waals surface area contributed by atoms with E-state index in [0.717, 1.165) is 10.9 Å². The Morgan fingerprint density at radius 2 is 2.18 bits per heavy atom. The van der Waals surface area contributed by atoms with Gasteiger partial charge in [0.2, 0.25) is 5.91 Å². The molecule has 0 saturated heterocycles. The quantitative estimate of drug-likeness (QED) is 0.889. The van der Waals surface area contributed by atoms with E-state index in [2.05, 4.69) is 37.2 Å². The maximum Gasteiger partial charge on any atom is 0.265 e. The van der Waals surface area contributed by atoms with E-state index < -0.39 is 0 Å². The van der Waals surface area contributed by atoms with Crippen molar-refractivity contribution in [1.82, 2.24) is 9.88 Å². The summed E-state index contributed by atoms with van der Waals surface area (Å²) >= 11 is 6.44. The summed E-state index contributed by atoms with van der Waals surface area (Å²) in [6.07, 6.45) is 2.46. The Balaban J connectivity index is 2.82. The summed E-state index contributed by atoms with van der Waals surface area (Å²) in [4.78, 5) is 23.4. The van der Waals surface area contributed by atoms with E-state index in [1.807, 2.05) is 13.8 Å². The lowest BCUT2D eigenvalue weighted by Gasteiger charge is -2.12. The second-order valence-electron chi connectivity index (χ2n) is 3.82. The largest absolute Gasteiger partial charge is 0.352 e. The van der Waals surface area contributed by atoms with Gasteiger partial charge in [-0.1, -0.05) is 6.92 Å². The molecule has 0 fully saturated rings. The zero-order valence-electron chi connectivity index (χ0n) is 9.67. The number of carbonyl (C=O) groups excluding carboxylic acids is 1. The molecule has 1 rings (SSSR count). The van der Waals surface area contributed by atoms with Crippen molar-refractivity contribution in [3.63, 3.8) is 0 Å². The van der Waals surface area contributed by atoms with E-state index in [9.17, 15) is 9.59 Å². The number of hydrogen-bond donors (Lipinski definition) is 1. The topological polar surface area (TPSA) is 51.1 Å². The van der Waals surface area contributed by atoms with Crippen LogP contribution >= 0.6 is 31.9 Å². The average Bonchev–Trinajstić information content (AvgIpc) is 2.24. The van der Waals surface area contributed by atoms with Crippen LogP contribution in [0, 0.1) is 0 Å². The van der Waals surface area contributed by atoms with Crippen molar-refractivity contribution in [1.29, 1.82) is 0 Å². The number of nitrogens with zero attached hydrogens (tertiary/aromatic N) is 1. The number of rotatable bonds is 4. The molecule has 1 N–H and O–H groups in total. The Kier molecular flexibility index (Phi) is 5.39. The SMILES string of the molecule is CCC(C)NC(=O)Cn1cc(Br)cc(Br)c1=O. The van der Waals surface area contributed by atoms with Crippen LogP contribution in [0.2, 0.25) is 0 Å². The smallest absolute Gasteiger partial charge is 0.265 e. The van der Waals surface area contributed by atoms with E-state index in [0.29, 0.717) is 4.47 Å². The highest BCUT2D eigenvalue weighted by molar-refractivity contribution is 9.11. The fraction of sp³-hybridized carbons (Fsp3) is 0.455. The number of nitrogens with one attached hydrogen (secondary N) is 1. The molecule has 0 radical (unpaired) electrons. The van der Waals surface area contributed by atoms with Crippen LogP contribution in [0.15, 0.2) is 26.0 Å². The summed E-state index contributed by atoms with van der Waals surface area (Å²) < 4.78 is 2.55. The predicted molar refractivity (Wildman–Crippen MR) is 74.0 cm³/mol. The number of carbonyl (C=O) groups is 1. The van der Waals surface area contributed by atoms with Gasteiger partial charge in [0, 0.05) is 16.7 Å². The Bertz CT molecular complexity index is 471. The molecule has 1 atom stereocenters. The van der Waals surface area contributed by atoms with Crippen LogP contribution < -0.4 is 10.9 Å². The summed E-state index contributed by atoms with van der Waals surface area (Å²) in [6, 6.07) is 1.78. The lowest BCUT2D eigenvalue weighted by molar-refractivity contribution is -0.122. The van der Waals surface area contributed by atoms with Gasteiger partial charge < -0.3 is 9.88 Å². The highest BCUT2D eigenvalue weighted by atomic mass is 79.9. The molecule has 1 heterocycles. The van der Waals surface area contributed by atoms with Crippen molar-refractivity contribution in [3.05, 3.63) is 31.6 Å². The lowest BCUT2D eigenvalue weighted by Crippen LogP contribution is -2.37. The van der Waals surface area contributed by atoms with Crippen molar-refractivity contribution in [3.8, 4) is 0 Å². The summed E-state index contributed by atoms with van der Waals surface area (Å²) in [5.41, 5.74) is -0.215. The maximum absolute atomic E-state index is 11.7. The predicted octanol–water partition coefficient (Wildman–Crippen LogP) is 2.29. The van der Waals surface area contributed by atoms with Crippen molar-refractivity contribution in [2.24, 2.45) is 0 Å². The second-order valence-corrected chi connectivity index (χ2v) is 5.59. The number of hydrogen-bond acceptors (Lipinski definition) is 2. The average molecular weight is 366 g/mol. The van der Waals surface area contributed by atoms with Gasteiger partial charge in [0.25, 0.3) is 5.56 Å². The maximum atomic E-state index is 11.7. The molecular formula is C11H14Br2N2O2. The lowest BCUT2D eigenvalue weighted by atomic mass is 10.2. The van der Waals surface area contributed by atoms with Crippen LogP contribution in [-0.2, 0) is 11.3 Å². The summed E-state index contributed by atoms with van der Waals surface area (Å²) in [5, 5.41) is 2.81. The molecule has 0 bridgehead atoms. The Labute approximate surface area is 117 Å². The standard InChI is InChI=1S/C11H14Br2N2O2/c1-3-7(2)14-10(16)6-15-5-8(12)4-9(13)11(15)17/h4-5,7H,3,6H2,1-2H3,(H,14,16). The molecule has 4 nitrogen and oxygen atoms in total. The van der Waals surface area contributed by atoms with Gasteiger partial charge in [0.15, 0.2) is 0 Å². The highest BCUT2D eigenvalue weighted by Gasteiger charge is 2.09.